The Labute approximate surface area is 171 Å². The maximum absolute atomic E-state index is 13.9. The Morgan fingerprint density at radius 3 is 2.50 bits per heavy atom. The quantitative estimate of drug-likeness (QED) is 0.650. The molecule has 0 fully saturated rings. The average Bonchev–Trinajstić information content (AvgIpc) is 3.16. The number of amides is 1. The van der Waals surface area contributed by atoms with E-state index in [-0.39, 0.29) is 5.56 Å². The summed E-state index contributed by atoms with van der Waals surface area (Å²) in [6, 6.07) is 14.8. The van der Waals surface area contributed by atoms with Crippen LogP contribution in [0.3, 0.4) is 0 Å². The number of benzene rings is 2. The summed E-state index contributed by atoms with van der Waals surface area (Å²) in [6.45, 7) is 0.405. The highest BCUT2D eigenvalue weighted by molar-refractivity contribution is 6.09. The van der Waals surface area contributed by atoms with Gasteiger partial charge in [-0.2, -0.15) is 13.2 Å². The van der Waals surface area contributed by atoms with E-state index in [4.69, 9.17) is 4.74 Å². The molecular formula is C22H18F3N3O2. The molecule has 4 rings (SSSR count). The van der Waals surface area contributed by atoms with Crippen molar-refractivity contribution in [1.29, 1.82) is 0 Å². The lowest BCUT2D eigenvalue weighted by Crippen LogP contribution is -2.19. The van der Waals surface area contributed by atoms with Crippen LogP contribution in [0.15, 0.2) is 60.8 Å². The fraction of sp³-hybridized carbons (Fsp3) is 0.182. The number of rotatable bonds is 4. The average molecular weight is 413 g/mol. The molecule has 2 aromatic carbocycles. The maximum atomic E-state index is 13.9. The number of ether oxygens (including phenoxy) is 1. The van der Waals surface area contributed by atoms with Crippen molar-refractivity contribution in [1.82, 2.24) is 4.98 Å². The number of aromatic nitrogens is 1. The van der Waals surface area contributed by atoms with Crippen LogP contribution in [0.2, 0.25) is 0 Å². The third-order valence-electron chi connectivity index (χ3n) is 4.93. The Morgan fingerprint density at radius 1 is 1.13 bits per heavy atom. The van der Waals surface area contributed by atoms with Gasteiger partial charge < -0.3 is 15.0 Å². The summed E-state index contributed by atoms with van der Waals surface area (Å²) in [5.74, 6) is -0.607. The molecule has 0 atom stereocenters. The largest absolute Gasteiger partial charge is 0.495 e. The number of hydrogen-bond donors (Lipinski definition) is 1. The Hall–Kier alpha value is -3.55. The Bertz CT molecular complexity index is 1070. The summed E-state index contributed by atoms with van der Waals surface area (Å²) in [5.41, 5.74) is 0.184. The van der Waals surface area contributed by atoms with Gasteiger partial charge in [0.15, 0.2) is 0 Å². The van der Waals surface area contributed by atoms with E-state index in [9.17, 15) is 18.0 Å². The minimum atomic E-state index is -4.69. The van der Waals surface area contributed by atoms with Gasteiger partial charge in [0.25, 0.3) is 5.91 Å². The number of nitrogens with one attached hydrogen (secondary N) is 1. The summed E-state index contributed by atoms with van der Waals surface area (Å²) in [6.07, 6.45) is -2.73. The molecule has 1 N–H and O–H groups in total. The van der Waals surface area contributed by atoms with Gasteiger partial charge in [-0.1, -0.05) is 24.3 Å². The van der Waals surface area contributed by atoms with Gasteiger partial charge in [0, 0.05) is 24.1 Å². The molecule has 0 bridgehead atoms. The Morgan fingerprint density at radius 2 is 1.87 bits per heavy atom. The molecule has 1 aliphatic heterocycles. The van der Waals surface area contributed by atoms with Crippen LogP contribution in [0.4, 0.5) is 30.4 Å². The summed E-state index contributed by atoms with van der Waals surface area (Å²) in [7, 11) is 1.14. The van der Waals surface area contributed by atoms with Gasteiger partial charge in [-0.3, -0.25) is 4.79 Å². The van der Waals surface area contributed by atoms with Gasteiger partial charge in [-0.25, -0.2) is 4.98 Å². The number of anilines is 3. The Kier molecular flexibility index (Phi) is 5.07. The number of para-hydroxylation sites is 1. The molecule has 5 nitrogen and oxygen atoms in total. The van der Waals surface area contributed by atoms with Crippen LogP contribution in [-0.4, -0.2) is 24.5 Å². The monoisotopic (exact) mass is 413 g/mol. The second-order valence-corrected chi connectivity index (χ2v) is 6.74. The molecule has 0 saturated carbocycles. The molecule has 0 saturated heterocycles. The minimum absolute atomic E-state index is 0.107. The number of hydrogen-bond acceptors (Lipinski definition) is 4. The van der Waals surface area contributed by atoms with Gasteiger partial charge in [-0.15, -0.1) is 0 Å². The number of nitrogens with zero attached hydrogens (tertiary/aromatic N) is 2. The van der Waals surface area contributed by atoms with Crippen LogP contribution in [-0.2, 0) is 12.6 Å². The van der Waals surface area contributed by atoms with Crippen LogP contribution >= 0.6 is 0 Å². The number of fused-ring (bicyclic) bond motifs is 1. The van der Waals surface area contributed by atoms with Crippen LogP contribution < -0.4 is 15.0 Å². The molecule has 0 spiro atoms. The van der Waals surface area contributed by atoms with Crippen LogP contribution in [0, 0.1) is 0 Å². The van der Waals surface area contributed by atoms with E-state index in [0.717, 1.165) is 13.2 Å². The summed E-state index contributed by atoms with van der Waals surface area (Å²) < 4.78 is 46.7. The highest BCUT2D eigenvalue weighted by Crippen LogP contribution is 2.47. The van der Waals surface area contributed by atoms with Gasteiger partial charge in [0.1, 0.15) is 17.1 Å². The fourth-order valence-corrected chi connectivity index (χ4v) is 3.66. The van der Waals surface area contributed by atoms with Gasteiger partial charge in [0.2, 0.25) is 0 Å². The number of alkyl halides is 3. The zero-order chi connectivity index (χ0) is 21.3. The molecule has 8 heteroatoms. The minimum Gasteiger partial charge on any atom is -0.495 e. The van der Waals surface area contributed by atoms with Gasteiger partial charge in [-0.05, 0) is 42.3 Å². The number of halogens is 3. The smallest absolute Gasteiger partial charge is 0.420 e. The molecular weight excluding hydrogens is 395 g/mol. The number of methoxy groups -OCH3 is 1. The summed E-state index contributed by atoms with van der Waals surface area (Å²) in [4.78, 5) is 19.0. The number of carbonyl (C=O) groups is 1. The zero-order valence-electron chi connectivity index (χ0n) is 16.0. The van der Waals surface area contributed by atoms with Crippen molar-refractivity contribution in [3.05, 3.63) is 77.5 Å². The lowest BCUT2D eigenvalue weighted by Gasteiger charge is -2.23. The molecule has 2 heterocycles. The lowest BCUT2D eigenvalue weighted by atomic mass is 9.98. The zero-order valence-corrected chi connectivity index (χ0v) is 16.0. The molecule has 0 unspecified atom stereocenters. The second-order valence-electron chi connectivity index (χ2n) is 6.74. The van der Waals surface area contributed by atoms with E-state index in [0.29, 0.717) is 35.7 Å². The third-order valence-corrected chi connectivity index (χ3v) is 4.93. The van der Waals surface area contributed by atoms with Crippen molar-refractivity contribution in [2.45, 2.75) is 12.6 Å². The molecule has 154 valence electrons. The van der Waals surface area contributed by atoms with E-state index < -0.39 is 23.4 Å². The van der Waals surface area contributed by atoms with E-state index in [1.807, 2.05) is 0 Å². The Balaban J connectivity index is 1.88. The SMILES string of the molecule is COc1c(C(F)(F)F)cc2c(c1C(=O)Nc1ccccc1)CCN2c1ccccn1. The van der Waals surface area contributed by atoms with Gasteiger partial charge in [0.05, 0.1) is 12.7 Å². The summed E-state index contributed by atoms with van der Waals surface area (Å²) >= 11 is 0. The molecule has 1 amide bonds. The van der Waals surface area contributed by atoms with E-state index in [2.05, 4.69) is 10.3 Å². The standard InChI is InChI=1S/C22H18F3N3O2/c1-30-20-16(22(23,24)25)13-17-15(10-12-28(17)18-9-5-6-11-26-18)19(20)21(29)27-14-7-3-2-4-8-14/h2-9,11,13H,10,12H2,1H3,(H,27,29). The molecule has 0 radical (unpaired) electrons. The van der Waals surface area contributed by atoms with Gasteiger partial charge >= 0.3 is 6.18 Å². The van der Waals surface area contributed by atoms with Crippen LogP contribution in [0.25, 0.3) is 0 Å². The highest BCUT2D eigenvalue weighted by Gasteiger charge is 2.41. The first kappa shape index (κ1) is 19.8. The highest BCUT2D eigenvalue weighted by atomic mass is 19.4. The van der Waals surface area contributed by atoms with E-state index in [1.54, 1.807) is 59.6 Å². The lowest BCUT2D eigenvalue weighted by molar-refractivity contribution is -0.138. The van der Waals surface area contributed by atoms with Crippen molar-refractivity contribution in [2.24, 2.45) is 0 Å². The normalized spacial score (nSPS) is 13.1. The van der Waals surface area contributed by atoms with E-state index in [1.165, 1.54) is 0 Å². The first-order chi connectivity index (χ1) is 14.4. The number of carbonyl (C=O) groups excluding carboxylic acids is 1. The van der Waals surface area contributed by atoms with Crippen molar-refractivity contribution in [3.63, 3.8) is 0 Å². The molecule has 30 heavy (non-hydrogen) atoms. The van der Waals surface area contributed by atoms with E-state index >= 15 is 0 Å². The molecule has 1 aromatic heterocycles. The van der Waals surface area contributed by atoms with Crippen molar-refractivity contribution >= 4 is 23.1 Å². The predicted molar refractivity (Wildman–Crippen MR) is 107 cm³/mol. The maximum Gasteiger partial charge on any atom is 0.420 e. The topological polar surface area (TPSA) is 54.5 Å². The summed E-state index contributed by atoms with van der Waals surface area (Å²) in [5, 5.41) is 2.68. The first-order valence-electron chi connectivity index (χ1n) is 9.26. The molecule has 0 aliphatic carbocycles. The second kappa shape index (κ2) is 7.70. The fourth-order valence-electron chi connectivity index (χ4n) is 3.66. The third kappa shape index (κ3) is 3.56. The molecule has 3 aromatic rings. The number of pyridine rings is 1. The predicted octanol–water partition coefficient (Wildman–Crippen LogP) is 5.06. The van der Waals surface area contributed by atoms with Crippen LogP contribution in [0.1, 0.15) is 21.5 Å². The first-order valence-corrected chi connectivity index (χ1v) is 9.26. The van der Waals surface area contributed by atoms with Crippen LogP contribution in [0.5, 0.6) is 5.75 Å². The van der Waals surface area contributed by atoms with Crippen molar-refractivity contribution < 1.29 is 22.7 Å². The van der Waals surface area contributed by atoms with Crippen molar-refractivity contribution in [3.8, 4) is 5.75 Å². The molecule has 1 aliphatic rings. The van der Waals surface area contributed by atoms with Crippen molar-refractivity contribution in [2.75, 3.05) is 23.9 Å².